The van der Waals surface area contributed by atoms with Crippen molar-refractivity contribution >= 4 is 27.5 Å². The first-order valence-electron chi connectivity index (χ1n) is 12.0. The quantitative estimate of drug-likeness (QED) is 0.341. The first-order chi connectivity index (χ1) is 16.9. The number of hydrogen-bond donors (Lipinski definition) is 5. The maximum absolute atomic E-state index is 12.9. The van der Waals surface area contributed by atoms with E-state index >= 15 is 0 Å². The van der Waals surface area contributed by atoms with Gasteiger partial charge in [0.1, 0.15) is 5.88 Å². The highest BCUT2D eigenvalue weighted by Gasteiger charge is 2.36. The van der Waals surface area contributed by atoms with Crippen molar-refractivity contribution in [3.05, 3.63) is 40.7 Å². The molecule has 0 atom stereocenters. The van der Waals surface area contributed by atoms with Crippen molar-refractivity contribution in [2.45, 2.75) is 71.1 Å². The maximum atomic E-state index is 12.9. The van der Waals surface area contributed by atoms with Crippen molar-refractivity contribution < 1.29 is 27.7 Å². The molecule has 1 aromatic heterocycles. The summed E-state index contributed by atoms with van der Waals surface area (Å²) in [5, 5.41) is 20.1. The van der Waals surface area contributed by atoms with Crippen LogP contribution in [0.4, 0.5) is 5.69 Å². The van der Waals surface area contributed by atoms with Crippen LogP contribution < -0.4 is 16.4 Å². The highest BCUT2D eigenvalue weighted by Crippen LogP contribution is 2.37. The summed E-state index contributed by atoms with van der Waals surface area (Å²) in [5.41, 5.74) is 8.80. The first kappa shape index (κ1) is 26.3. The molecule has 2 aliphatic rings. The average molecular weight is 520 g/mol. The zero-order valence-corrected chi connectivity index (χ0v) is 21.3. The summed E-state index contributed by atoms with van der Waals surface area (Å²) in [4.78, 5) is 25.7. The van der Waals surface area contributed by atoms with Crippen molar-refractivity contribution in [3.63, 3.8) is 0 Å². The summed E-state index contributed by atoms with van der Waals surface area (Å²) in [6.45, 7) is 4.17. The Hall–Kier alpha value is -2.80. The molecule has 0 saturated heterocycles. The summed E-state index contributed by atoms with van der Waals surface area (Å²) in [6.07, 6.45) is 3.35. The summed E-state index contributed by atoms with van der Waals surface area (Å²) in [5.74, 6) is -1.57. The molecule has 1 aromatic carbocycles. The van der Waals surface area contributed by atoms with Crippen molar-refractivity contribution in [2.24, 2.45) is 11.1 Å². The number of rotatable bonds is 7. The van der Waals surface area contributed by atoms with Gasteiger partial charge in [-0.2, -0.15) is 13.5 Å². The molecule has 0 aliphatic heterocycles. The van der Waals surface area contributed by atoms with Gasteiger partial charge in [0.15, 0.2) is 5.78 Å². The predicted octanol–water partition coefficient (Wildman–Crippen LogP) is 1.78. The van der Waals surface area contributed by atoms with E-state index in [0.717, 1.165) is 5.69 Å². The minimum Gasteiger partial charge on any atom is -0.393 e. The summed E-state index contributed by atoms with van der Waals surface area (Å²) >= 11 is 0. The fourth-order valence-electron chi connectivity index (χ4n) is 5.06. The molecule has 2 aliphatic carbocycles. The average Bonchev–Trinajstić information content (AvgIpc) is 3.16. The number of aliphatic hydroxyl groups excluding tert-OH is 1. The lowest BCUT2D eigenvalue weighted by Gasteiger charge is -2.29. The fraction of sp³-hybridized carbons (Fsp3) is 0.542. The third kappa shape index (κ3) is 5.77. The van der Waals surface area contributed by atoms with Crippen LogP contribution in [-0.4, -0.2) is 57.6 Å². The third-order valence-corrected chi connectivity index (χ3v) is 7.28. The van der Waals surface area contributed by atoms with Crippen molar-refractivity contribution in [2.75, 3.05) is 11.2 Å². The van der Waals surface area contributed by atoms with Gasteiger partial charge in [-0.05, 0) is 55.7 Å². The second-order valence-electron chi connectivity index (χ2n) is 10.4. The van der Waals surface area contributed by atoms with Crippen LogP contribution >= 0.6 is 0 Å². The van der Waals surface area contributed by atoms with E-state index in [4.69, 9.17) is 10.3 Å². The molecule has 2 aromatic rings. The topological polar surface area (TPSA) is 177 Å². The highest BCUT2D eigenvalue weighted by molar-refractivity contribution is 7.85. The van der Waals surface area contributed by atoms with Crippen LogP contribution in [0.15, 0.2) is 18.2 Å². The predicted molar refractivity (Wildman–Crippen MR) is 134 cm³/mol. The number of amides is 1. The molecule has 4 rings (SSSR count). The van der Waals surface area contributed by atoms with Gasteiger partial charge in [0.25, 0.3) is 16.0 Å². The number of nitrogens with zero attached hydrogens (tertiary/aromatic N) is 2. The molecule has 1 saturated carbocycles. The molecule has 0 bridgehead atoms. The van der Waals surface area contributed by atoms with Crippen molar-refractivity contribution in [1.29, 1.82) is 0 Å². The second kappa shape index (κ2) is 9.92. The van der Waals surface area contributed by atoms with Gasteiger partial charge in [0.05, 0.1) is 34.3 Å². The number of aliphatic hydroxyl groups is 1. The number of Topliss-reactive ketones (excluding diaryl/α,β-unsaturated/α-hetero) is 1. The standard InChI is InChI=1S/C24H33N5O6S/c1-24(2)10-20-22(21(31)11-24)19(12-25)28-29(20)15-5-8-17(23(32)26-13-36(33,34)35)18(9-15)27-14-3-6-16(30)7-4-14/h5,8-9,14,16,27,30H,3-4,6-7,10-13,25H2,1-2H3,(H,26,32)(H,33,34,35). The number of fused-ring (bicyclic) bond motifs is 1. The largest absolute Gasteiger partial charge is 0.393 e. The number of aromatic nitrogens is 2. The van der Waals surface area contributed by atoms with Gasteiger partial charge in [-0.3, -0.25) is 14.1 Å². The molecule has 196 valence electrons. The van der Waals surface area contributed by atoms with Gasteiger partial charge in [0, 0.05) is 24.7 Å². The Morgan fingerprint density at radius 1 is 1.22 bits per heavy atom. The minimum absolute atomic E-state index is 0.00317. The van der Waals surface area contributed by atoms with Crippen LogP contribution in [0, 0.1) is 5.41 Å². The first-order valence-corrected chi connectivity index (χ1v) is 13.6. The zero-order chi connectivity index (χ0) is 26.3. The van der Waals surface area contributed by atoms with E-state index < -0.39 is 21.9 Å². The van der Waals surface area contributed by atoms with Crippen LogP contribution in [0.1, 0.15) is 78.1 Å². The molecular weight excluding hydrogens is 486 g/mol. The van der Waals surface area contributed by atoms with Gasteiger partial charge < -0.3 is 21.5 Å². The minimum atomic E-state index is -4.39. The van der Waals surface area contributed by atoms with Crippen molar-refractivity contribution in [1.82, 2.24) is 15.1 Å². The number of carbonyl (C=O) groups is 2. The Morgan fingerprint density at radius 3 is 2.56 bits per heavy atom. The summed E-state index contributed by atoms with van der Waals surface area (Å²) in [7, 11) is -4.39. The van der Waals surface area contributed by atoms with Gasteiger partial charge in [-0.1, -0.05) is 13.8 Å². The van der Waals surface area contributed by atoms with Crippen LogP contribution in [0.25, 0.3) is 5.69 Å². The summed E-state index contributed by atoms with van der Waals surface area (Å²) in [6, 6.07) is 4.98. The van der Waals surface area contributed by atoms with E-state index in [1.54, 1.807) is 22.9 Å². The smallest absolute Gasteiger partial charge is 0.283 e. The lowest BCUT2D eigenvalue weighted by atomic mass is 9.75. The van der Waals surface area contributed by atoms with Crippen LogP contribution in [-0.2, 0) is 23.1 Å². The van der Waals surface area contributed by atoms with Gasteiger partial charge in [-0.15, -0.1) is 0 Å². The van der Waals surface area contributed by atoms with E-state index in [1.807, 2.05) is 13.8 Å². The van der Waals surface area contributed by atoms with E-state index in [-0.39, 0.29) is 35.5 Å². The van der Waals surface area contributed by atoms with Gasteiger partial charge >= 0.3 is 0 Å². The van der Waals surface area contributed by atoms with Crippen LogP contribution in [0.3, 0.4) is 0 Å². The van der Waals surface area contributed by atoms with Gasteiger partial charge in [0.2, 0.25) is 0 Å². The molecule has 36 heavy (non-hydrogen) atoms. The number of hydrogen-bond acceptors (Lipinski definition) is 8. The Labute approximate surface area is 210 Å². The second-order valence-corrected chi connectivity index (χ2v) is 11.9. The number of benzene rings is 1. The highest BCUT2D eigenvalue weighted by atomic mass is 32.2. The molecule has 6 N–H and O–H groups in total. The fourth-order valence-corrected chi connectivity index (χ4v) is 5.37. The Bertz CT molecular complexity index is 1280. The number of carbonyl (C=O) groups excluding carboxylic acids is 2. The van der Waals surface area contributed by atoms with Crippen molar-refractivity contribution in [3.8, 4) is 5.69 Å². The number of nitrogens with one attached hydrogen (secondary N) is 2. The number of nitrogens with two attached hydrogens (primary N) is 1. The molecule has 12 heteroatoms. The molecule has 1 fully saturated rings. The van der Waals surface area contributed by atoms with E-state index in [2.05, 4.69) is 15.7 Å². The Balaban J connectivity index is 1.75. The van der Waals surface area contributed by atoms with E-state index in [1.165, 1.54) is 0 Å². The van der Waals surface area contributed by atoms with E-state index in [9.17, 15) is 23.1 Å². The summed E-state index contributed by atoms with van der Waals surface area (Å²) < 4.78 is 33.0. The lowest BCUT2D eigenvalue weighted by molar-refractivity contribution is 0.0908. The molecule has 0 spiro atoms. The Morgan fingerprint density at radius 2 is 1.92 bits per heavy atom. The molecular formula is C24H33N5O6S. The molecule has 1 amide bonds. The molecule has 0 radical (unpaired) electrons. The number of ketones is 1. The lowest BCUT2D eigenvalue weighted by Crippen LogP contribution is -2.32. The molecule has 0 unspecified atom stereocenters. The third-order valence-electron chi connectivity index (χ3n) is 6.77. The van der Waals surface area contributed by atoms with E-state index in [0.29, 0.717) is 61.2 Å². The molecule has 11 nitrogen and oxygen atoms in total. The van der Waals surface area contributed by atoms with Crippen LogP contribution in [0.5, 0.6) is 0 Å². The monoisotopic (exact) mass is 519 g/mol. The number of anilines is 1. The van der Waals surface area contributed by atoms with Gasteiger partial charge in [-0.25, -0.2) is 4.68 Å². The SMILES string of the molecule is CC1(C)CC(=O)c2c(CN)nn(-c3ccc(C(=O)NCS(=O)(=O)O)c(NC4CCC(O)CC4)c3)c2C1. The normalized spacial score (nSPS) is 21.6. The zero-order valence-electron chi connectivity index (χ0n) is 20.5. The molecule has 1 heterocycles. The van der Waals surface area contributed by atoms with Crippen LogP contribution in [0.2, 0.25) is 0 Å². The maximum Gasteiger partial charge on any atom is 0.283 e. The Kier molecular flexibility index (Phi) is 7.24.